The summed E-state index contributed by atoms with van der Waals surface area (Å²) >= 11 is 6.24. The normalized spacial score (nSPS) is 27.5. The van der Waals surface area contributed by atoms with Crippen LogP contribution < -0.4 is 0 Å². The summed E-state index contributed by atoms with van der Waals surface area (Å²) in [6.45, 7) is 9.71. The molecule has 3 atom stereocenters. The average molecular weight is 306 g/mol. The van der Waals surface area contributed by atoms with Crippen LogP contribution in [-0.4, -0.2) is 47.7 Å². The third-order valence-corrected chi connectivity index (χ3v) is 4.70. The molecule has 0 aromatic heterocycles. The van der Waals surface area contributed by atoms with Gasteiger partial charge in [0.1, 0.15) is 12.1 Å². The number of fused-ring (bicyclic) bond motifs is 1. The fraction of sp³-hybridized carbons (Fsp3) is 0.467. The molecule has 1 saturated heterocycles. The summed E-state index contributed by atoms with van der Waals surface area (Å²) < 4.78 is 5.58. The summed E-state index contributed by atoms with van der Waals surface area (Å²) in [6.07, 6.45) is -0.0110. The Balaban J connectivity index is 2.05. The smallest absolute Gasteiger partial charge is 0.205 e. The number of hydrogen-bond donors (Lipinski definition) is 1. The van der Waals surface area contributed by atoms with Crippen molar-refractivity contribution >= 4 is 23.0 Å². The Labute approximate surface area is 128 Å². The van der Waals surface area contributed by atoms with Crippen LogP contribution in [0.1, 0.15) is 17.5 Å². The highest BCUT2D eigenvalue weighted by molar-refractivity contribution is 6.34. The summed E-state index contributed by atoms with van der Waals surface area (Å²) in [7, 11) is 1.62. The maximum Gasteiger partial charge on any atom is 0.205 e. The minimum absolute atomic E-state index is 0.135. The maximum atomic E-state index is 10.1. The molecular weight excluding hydrogens is 290 g/mol. The van der Waals surface area contributed by atoms with Gasteiger partial charge in [-0.25, -0.2) is 4.85 Å². The Morgan fingerprint density at radius 2 is 2.29 bits per heavy atom. The number of halogens is 1. The van der Waals surface area contributed by atoms with E-state index in [-0.39, 0.29) is 12.1 Å². The molecule has 1 fully saturated rings. The SMILES string of the molecule is [C-]#[N+]c1ccc(C2=NN3CC[C@@H](O)[C@H]3[C@@H]2OC)c(C)c1Cl. The lowest BCUT2D eigenvalue weighted by Crippen LogP contribution is -2.41. The van der Waals surface area contributed by atoms with E-state index in [1.807, 2.05) is 18.0 Å². The molecule has 5 nitrogen and oxygen atoms in total. The molecular formula is C15H16ClN3O2. The predicted octanol–water partition coefficient (Wildman–Crippen LogP) is 2.37. The molecule has 0 bridgehead atoms. The second-order valence-corrected chi connectivity index (χ2v) is 5.71. The van der Waals surface area contributed by atoms with Gasteiger partial charge in [-0.15, -0.1) is 0 Å². The van der Waals surface area contributed by atoms with Crippen molar-refractivity contribution in [3.05, 3.63) is 39.7 Å². The van der Waals surface area contributed by atoms with Gasteiger partial charge in [-0.2, -0.15) is 5.10 Å². The summed E-state index contributed by atoms with van der Waals surface area (Å²) in [6, 6.07) is 3.42. The van der Waals surface area contributed by atoms with E-state index < -0.39 is 6.10 Å². The van der Waals surface area contributed by atoms with Gasteiger partial charge in [-0.3, -0.25) is 5.01 Å². The van der Waals surface area contributed by atoms with Crippen LogP contribution in [0.5, 0.6) is 0 Å². The number of ether oxygens (including phenoxy) is 1. The van der Waals surface area contributed by atoms with Crippen LogP contribution in [0.3, 0.4) is 0 Å². The van der Waals surface area contributed by atoms with Gasteiger partial charge >= 0.3 is 0 Å². The quantitative estimate of drug-likeness (QED) is 0.853. The van der Waals surface area contributed by atoms with E-state index in [1.165, 1.54) is 0 Å². The minimum Gasteiger partial charge on any atom is -0.391 e. The van der Waals surface area contributed by atoms with E-state index in [0.717, 1.165) is 23.4 Å². The summed E-state index contributed by atoms with van der Waals surface area (Å²) in [5.41, 5.74) is 2.91. The van der Waals surface area contributed by atoms with Crippen LogP contribution in [0.15, 0.2) is 17.2 Å². The molecule has 2 heterocycles. The monoisotopic (exact) mass is 305 g/mol. The van der Waals surface area contributed by atoms with Crippen molar-refractivity contribution in [2.75, 3.05) is 13.7 Å². The molecule has 1 aromatic carbocycles. The van der Waals surface area contributed by atoms with Gasteiger partial charge in [0, 0.05) is 19.2 Å². The Morgan fingerprint density at radius 3 is 2.95 bits per heavy atom. The molecule has 6 heteroatoms. The molecule has 2 aliphatic rings. The highest BCUT2D eigenvalue weighted by atomic mass is 35.5. The molecule has 0 amide bonds. The summed E-state index contributed by atoms with van der Waals surface area (Å²) in [4.78, 5) is 3.40. The summed E-state index contributed by atoms with van der Waals surface area (Å²) in [5, 5.41) is 17.1. The number of rotatable bonds is 2. The van der Waals surface area contributed by atoms with Gasteiger partial charge in [0.2, 0.25) is 5.69 Å². The lowest BCUT2D eigenvalue weighted by atomic mass is 9.95. The number of nitrogens with zero attached hydrogens (tertiary/aromatic N) is 3. The first kappa shape index (κ1) is 14.3. The number of aliphatic hydroxyl groups is 1. The molecule has 1 N–H and O–H groups in total. The van der Waals surface area contributed by atoms with Crippen molar-refractivity contribution in [1.29, 1.82) is 0 Å². The zero-order chi connectivity index (χ0) is 15.1. The lowest BCUT2D eigenvalue weighted by Gasteiger charge is -2.23. The van der Waals surface area contributed by atoms with Crippen molar-refractivity contribution in [2.45, 2.75) is 31.6 Å². The second-order valence-electron chi connectivity index (χ2n) is 5.33. The van der Waals surface area contributed by atoms with Gasteiger partial charge in [-0.05, 0) is 18.9 Å². The van der Waals surface area contributed by atoms with E-state index in [4.69, 9.17) is 22.9 Å². The largest absolute Gasteiger partial charge is 0.391 e. The number of hydrogen-bond acceptors (Lipinski definition) is 4. The highest BCUT2D eigenvalue weighted by Crippen LogP contribution is 2.36. The van der Waals surface area contributed by atoms with E-state index in [0.29, 0.717) is 17.1 Å². The van der Waals surface area contributed by atoms with Gasteiger partial charge < -0.3 is 9.84 Å². The van der Waals surface area contributed by atoms with Crippen LogP contribution in [0.2, 0.25) is 5.02 Å². The Bertz CT molecular complexity index is 653. The highest BCUT2D eigenvalue weighted by Gasteiger charge is 2.46. The van der Waals surface area contributed by atoms with Crippen molar-refractivity contribution in [3.8, 4) is 0 Å². The van der Waals surface area contributed by atoms with Crippen molar-refractivity contribution in [3.63, 3.8) is 0 Å². The molecule has 110 valence electrons. The predicted molar refractivity (Wildman–Crippen MR) is 80.9 cm³/mol. The third-order valence-electron chi connectivity index (χ3n) is 4.22. The molecule has 2 aliphatic heterocycles. The molecule has 1 aromatic rings. The van der Waals surface area contributed by atoms with Crippen LogP contribution >= 0.6 is 11.6 Å². The van der Waals surface area contributed by atoms with E-state index >= 15 is 0 Å². The molecule has 0 aliphatic carbocycles. The minimum atomic E-state index is -0.436. The Hall–Kier alpha value is -1.61. The number of methoxy groups -OCH3 is 1. The van der Waals surface area contributed by atoms with E-state index in [1.54, 1.807) is 13.2 Å². The molecule has 0 radical (unpaired) electrons. The average Bonchev–Trinajstić information content (AvgIpc) is 3.02. The fourth-order valence-corrected chi connectivity index (χ4v) is 3.31. The second kappa shape index (κ2) is 5.30. The van der Waals surface area contributed by atoms with Gasteiger partial charge in [0.25, 0.3) is 0 Å². The fourth-order valence-electron chi connectivity index (χ4n) is 3.11. The maximum absolute atomic E-state index is 10.1. The van der Waals surface area contributed by atoms with E-state index in [2.05, 4.69) is 9.95 Å². The van der Waals surface area contributed by atoms with Gasteiger partial charge in [0.15, 0.2) is 0 Å². The van der Waals surface area contributed by atoms with Crippen molar-refractivity contribution in [2.24, 2.45) is 5.10 Å². The van der Waals surface area contributed by atoms with Crippen LogP contribution in [0, 0.1) is 13.5 Å². The molecule has 0 spiro atoms. The zero-order valence-electron chi connectivity index (χ0n) is 11.9. The van der Waals surface area contributed by atoms with Crippen LogP contribution in [0.4, 0.5) is 5.69 Å². The van der Waals surface area contributed by atoms with Gasteiger partial charge in [0.05, 0.1) is 23.4 Å². The van der Waals surface area contributed by atoms with Crippen LogP contribution in [-0.2, 0) is 4.74 Å². The Morgan fingerprint density at radius 1 is 1.52 bits per heavy atom. The number of aliphatic hydroxyl groups excluding tert-OH is 1. The van der Waals surface area contributed by atoms with Crippen molar-refractivity contribution < 1.29 is 9.84 Å². The molecule has 0 saturated carbocycles. The van der Waals surface area contributed by atoms with Crippen molar-refractivity contribution in [1.82, 2.24) is 5.01 Å². The third kappa shape index (κ3) is 2.11. The first-order valence-corrected chi connectivity index (χ1v) is 7.19. The van der Waals surface area contributed by atoms with Crippen LogP contribution in [0.25, 0.3) is 4.85 Å². The topological polar surface area (TPSA) is 49.4 Å². The Kier molecular flexibility index (Phi) is 3.62. The molecule has 3 rings (SSSR count). The van der Waals surface area contributed by atoms with Gasteiger partial charge in [-0.1, -0.05) is 23.7 Å². The molecule has 0 unspecified atom stereocenters. The first-order valence-electron chi connectivity index (χ1n) is 6.81. The number of benzene rings is 1. The number of hydrazone groups is 1. The lowest BCUT2D eigenvalue weighted by molar-refractivity contribution is 0.0393. The zero-order valence-corrected chi connectivity index (χ0v) is 12.6. The standard InChI is InChI=1S/C15H16ClN3O2/c1-8-9(4-5-10(17-2)12(8)16)13-15(21-3)14-11(20)6-7-19(14)18-13/h4-5,11,14-15,20H,6-7H2,1,3H3/t11-,14+,15-/m1/s1. The summed E-state index contributed by atoms with van der Waals surface area (Å²) in [5.74, 6) is 0. The molecule has 21 heavy (non-hydrogen) atoms. The first-order chi connectivity index (χ1) is 10.1. The van der Waals surface area contributed by atoms with E-state index in [9.17, 15) is 5.11 Å².